The average molecular weight is 349 g/mol. The number of piperazine rings is 1. The fraction of sp³-hybridized carbons (Fsp3) is 0.556. The molecule has 138 valence electrons. The van der Waals surface area contributed by atoms with Gasteiger partial charge in [-0.3, -0.25) is 14.5 Å². The largest absolute Gasteiger partial charge is 0.506 e. The van der Waals surface area contributed by atoms with Gasteiger partial charge in [-0.1, -0.05) is 19.1 Å². The molecule has 0 saturated carbocycles. The highest BCUT2D eigenvalue weighted by Gasteiger charge is 2.29. The number of anilines is 1. The van der Waals surface area contributed by atoms with Crippen molar-refractivity contribution in [2.24, 2.45) is 0 Å². The molecule has 1 fully saturated rings. The number of benzene rings is 1. The minimum Gasteiger partial charge on any atom is -0.506 e. The predicted octanol–water partition coefficient (Wildman–Crippen LogP) is 1.23. The molecule has 0 spiro atoms. The molecule has 1 saturated heterocycles. The maximum atomic E-state index is 12.7. The lowest BCUT2D eigenvalue weighted by Gasteiger charge is -2.38. The molecule has 7 heteroatoms. The molecule has 1 heterocycles. The van der Waals surface area contributed by atoms with Crippen LogP contribution in [-0.4, -0.2) is 77.2 Å². The predicted molar refractivity (Wildman–Crippen MR) is 95.9 cm³/mol. The Bertz CT molecular complexity index is 600. The van der Waals surface area contributed by atoms with Crippen LogP contribution in [0.2, 0.25) is 0 Å². The third-order valence-corrected chi connectivity index (χ3v) is 4.57. The second-order valence-corrected chi connectivity index (χ2v) is 6.34. The molecule has 7 nitrogen and oxygen atoms in total. The number of aliphatic carboxylic acids is 1. The van der Waals surface area contributed by atoms with Gasteiger partial charge < -0.3 is 20.0 Å². The summed E-state index contributed by atoms with van der Waals surface area (Å²) in [5, 5.41) is 19.0. The van der Waals surface area contributed by atoms with Gasteiger partial charge in [-0.2, -0.15) is 0 Å². The summed E-state index contributed by atoms with van der Waals surface area (Å²) in [6.45, 7) is 6.60. The number of carboxylic acid groups (broad SMARTS) is 1. The first kappa shape index (κ1) is 19.1. The van der Waals surface area contributed by atoms with E-state index in [9.17, 15) is 14.7 Å². The molecule has 1 aromatic carbocycles. The standard InChI is InChI=1S/C18H27N3O4/c1-3-8-21(13-17(23)24)14(2)18(25)20-11-9-19(10-12-20)15-6-4-5-7-16(15)22/h4-7,14,22H,3,8-13H2,1-2H3,(H,23,24). The Hall–Kier alpha value is -2.28. The minimum atomic E-state index is -0.919. The number of rotatable bonds is 7. The van der Waals surface area contributed by atoms with E-state index in [0.717, 1.165) is 12.1 Å². The van der Waals surface area contributed by atoms with Crippen molar-refractivity contribution >= 4 is 17.6 Å². The molecule has 1 atom stereocenters. The number of carboxylic acids is 1. The Kier molecular flexibility index (Phi) is 6.64. The van der Waals surface area contributed by atoms with Crippen LogP contribution in [0.3, 0.4) is 0 Å². The van der Waals surface area contributed by atoms with Gasteiger partial charge in [0.25, 0.3) is 0 Å². The van der Waals surface area contributed by atoms with E-state index in [1.165, 1.54) is 0 Å². The van der Waals surface area contributed by atoms with Crippen molar-refractivity contribution in [3.05, 3.63) is 24.3 Å². The van der Waals surface area contributed by atoms with Gasteiger partial charge in [0.15, 0.2) is 0 Å². The number of amides is 1. The molecule has 2 N–H and O–H groups in total. The van der Waals surface area contributed by atoms with E-state index in [4.69, 9.17) is 5.11 Å². The van der Waals surface area contributed by atoms with Gasteiger partial charge in [-0.05, 0) is 32.0 Å². The number of phenols is 1. The fourth-order valence-corrected chi connectivity index (χ4v) is 3.19. The lowest BCUT2D eigenvalue weighted by Crippen LogP contribution is -2.55. The zero-order valence-corrected chi connectivity index (χ0v) is 14.9. The zero-order valence-electron chi connectivity index (χ0n) is 14.9. The number of carbonyl (C=O) groups is 2. The van der Waals surface area contributed by atoms with Crippen LogP contribution >= 0.6 is 0 Å². The molecule has 1 aliphatic heterocycles. The second-order valence-electron chi connectivity index (χ2n) is 6.34. The Balaban J connectivity index is 1.95. The van der Waals surface area contributed by atoms with Crippen molar-refractivity contribution in [2.45, 2.75) is 26.3 Å². The molecule has 2 rings (SSSR count). The number of hydrogen-bond acceptors (Lipinski definition) is 5. The molecule has 0 radical (unpaired) electrons. The Morgan fingerprint density at radius 1 is 1.20 bits per heavy atom. The van der Waals surface area contributed by atoms with E-state index in [1.54, 1.807) is 28.9 Å². The molecule has 1 amide bonds. The summed E-state index contributed by atoms with van der Waals surface area (Å²) in [5.74, 6) is -0.713. The SMILES string of the molecule is CCCN(CC(=O)O)C(C)C(=O)N1CCN(c2ccccc2O)CC1. The highest BCUT2D eigenvalue weighted by Crippen LogP contribution is 2.27. The summed E-state index contributed by atoms with van der Waals surface area (Å²) >= 11 is 0. The van der Waals surface area contributed by atoms with Crippen molar-refractivity contribution in [1.82, 2.24) is 9.80 Å². The third kappa shape index (κ3) is 4.85. The summed E-state index contributed by atoms with van der Waals surface area (Å²) < 4.78 is 0. The van der Waals surface area contributed by atoms with Crippen molar-refractivity contribution in [3.8, 4) is 5.75 Å². The summed E-state index contributed by atoms with van der Waals surface area (Å²) in [5.41, 5.74) is 0.779. The molecule has 1 aliphatic rings. The second kappa shape index (κ2) is 8.71. The van der Waals surface area contributed by atoms with E-state index >= 15 is 0 Å². The van der Waals surface area contributed by atoms with Crippen LogP contribution in [0, 0.1) is 0 Å². The van der Waals surface area contributed by atoms with Crippen LogP contribution < -0.4 is 4.90 Å². The summed E-state index contributed by atoms with van der Waals surface area (Å²) in [6, 6.07) is 6.73. The van der Waals surface area contributed by atoms with E-state index in [1.807, 2.05) is 19.1 Å². The molecule has 0 aromatic heterocycles. The van der Waals surface area contributed by atoms with Crippen LogP contribution in [0.1, 0.15) is 20.3 Å². The van der Waals surface area contributed by atoms with E-state index in [2.05, 4.69) is 4.90 Å². The first-order valence-electron chi connectivity index (χ1n) is 8.71. The molecule has 1 unspecified atom stereocenters. The number of aromatic hydroxyl groups is 1. The highest BCUT2D eigenvalue weighted by atomic mass is 16.4. The number of nitrogens with zero attached hydrogens (tertiary/aromatic N) is 3. The lowest BCUT2D eigenvalue weighted by atomic mass is 10.2. The van der Waals surface area contributed by atoms with Gasteiger partial charge in [-0.25, -0.2) is 0 Å². The molecular weight excluding hydrogens is 322 g/mol. The van der Waals surface area contributed by atoms with Gasteiger partial charge >= 0.3 is 5.97 Å². The van der Waals surface area contributed by atoms with Crippen molar-refractivity contribution < 1.29 is 19.8 Å². The van der Waals surface area contributed by atoms with Crippen molar-refractivity contribution in [1.29, 1.82) is 0 Å². The monoisotopic (exact) mass is 349 g/mol. The van der Waals surface area contributed by atoms with Gasteiger partial charge in [0.2, 0.25) is 5.91 Å². The molecule has 25 heavy (non-hydrogen) atoms. The van der Waals surface area contributed by atoms with Crippen LogP contribution in [0.4, 0.5) is 5.69 Å². The van der Waals surface area contributed by atoms with Gasteiger partial charge in [0, 0.05) is 26.2 Å². The Morgan fingerprint density at radius 3 is 2.40 bits per heavy atom. The van der Waals surface area contributed by atoms with E-state index < -0.39 is 12.0 Å². The first-order valence-corrected chi connectivity index (χ1v) is 8.71. The maximum absolute atomic E-state index is 12.7. The average Bonchev–Trinajstić information content (AvgIpc) is 2.60. The normalized spacial score (nSPS) is 16.1. The topological polar surface area (TPSA) is 84.3 Å². The zero-order chi connectivity index (χ0) is 18.4. The molecule has 1 aromatic rings. The van der Waals surface area contributed by atoms with Crippen LogP contribution in [0.15, 0.2) is 24.3 Å². The molecular formula is C18H27N3O4. The molecule has 0 bridgehead atoms. The molecule has 0 aliphatic carbocycles. The van der Waals surface area contributed by atoms with Gasteiger partial charge in [0.1, 0.15) is 5.75 Å². The van der Waals surface area contributed by atoms with Crippen molar-refractivity contribution in [2.75, 3.05) is 44.2 Å². The third-order valence-electron chi connectivity index (χ3n) is 4.57. The minimum absolute atomic E-state index is 0.0355. The van der Waals surface area contributed by atoms with Crippen LogP contribution in [0.5, 0.6) is 5.75 Å². The number of carbonyl (C=O) groups excluding carboxylic acids is 1. The summed E-state index contributed by atoms with van der Waals surface area (Å²) in [6.07, 6.45) is 0.798. The van der Waals surface area contributed by atoms with Gasteiger partial charge in [-0.15, -0.1) is 0 Å². The number of para-hydroxylation sites is 2. The fourth-order valence-electron chi connectivity index (χ4n) is 3.19. The highest BCUT2D eigenvalue weighted by molar-refractivity contribution is 5.82. The Morgan fingerprint density at radius 2 is 1.84 bits per heavy atom. The quantitative estimate of drug-likeness (QED) is 0.770. The van der Waals surface area contributed by atoms with E-state index in [0.29, 0.717) is 32.7 Å². The number of hydrogen-bond donors (Lipinski definition) is 2. The lowest BCUT2D eigenvalue weighted by molar-refractivity contribution is -0.142. The van der Waals surface area contributed by atoms with E-state index in [-0.39, 0.29) is 18.2 Å². The van der Waals surface area contributed by atoms with Crippen molar-refractivity contribution in [3.63, 3.8) is 0 Å². The van der Waals surface area contributed by atoms with Crippen LogP contribution in [0.25, 0.3) is 0 Å². The number of phenolic OH excluding ortho intramolecular Hbond substituents is 1. The summed E-state index contributed by atoms with van der Waals surface area (Å²) in [7, 11) is 0. The summed E-state index contributed by atoms with van der Waals surface area (Å²) in [4.78, 5) is 29.3. The smallest absolute Gasteiger partial charge is 0.317 e. The van der Waals surface area contributed by atoms with Gasteiger partial charge in [0.05, 0.1) is 18.3 Å². The van der Waals surface area contributed by atoms with Crippen LogP contribution in [-0.2, 0) is 9.59 Å². The first-order chi connectivity index (χ1) is 11.9. The maximum Gasteiger partial charge on any atom is 0.317 e. The Labute approximate surface area is 148 Å².